The van der Waals surface area contributed by atoms with Gasteiger partial charge in [-0.1, -0.05) is 0 Å². The third kappa shape index (κ3) is 1.74. The van der Waals surface area contributed by atoms with Crippen LogP contribution in [0.25, 0.3) is 0 Å². The van der Waals surface area contributed by atoms with Gasteiger partial charge in [0.15, 0.2) is 5.79 Å². The van der Waals surface area contributed by atoms with Gasteiger partial charge in [0.05, 0.1) is 13.2 Å². The van der Waals surface area contributed by atoms with Crippen molar-refractivity contribution in [1.82, 2.24) is 0 Å². The summed E-state index contributed by atoms with van der Waals surface area (Å²) >= 11 is 0. The molecule has 4 heteroatoms. The first-order valence-corrected chi connectivity index (χ1v) is 5.98. The third-order valence-corrected chi connectivity index (χ3v) is 4.76. The van der Waals surface area contributed by atoms with Crippen molar-refractivity contribution in [3.63, 3.8) is 0 Å². The normalized spacial score (nSPS) is 43.1. The molecule has 87 valence electrons. The molecule has 0 N–H and O–H groups in total. The molecular weight excluding hydrogens is 368 g/mol. The molecule has 4 saturated carbocycles. The van der Waals surface area contributed by atoms with Crippen LogP contribution < -0.4 is 24.0 Å². The summed E-state index contributed by atoms with van der Waals surface area (Å²) in [4.78, 5) is 0. The number of halogens is 1. The van der Waals surface area contributed by atoms with Gasteiger partial charge < -0.3 is 33.5 Å². The summed E-state index contributed by atoms with van der Waals surface area (Å²) in [6, 6.07) is 0. The molecule has 1 saturated heterocycles. The Morgan fingerprint density at radius 2 is 1.50 bits per heavy atom. The molecule has 1 aliphatic heterocycles. The summed E-state index contributed by atoms with van der Waals surface area (Å²) in [5.74, 6) is 4.06. The van der Waals surface area contributed by atoms with E-state index in [0.717, 1.165) is 19.1 Å². The van der Waals surface area contributed by atoms with Crippen molar-refractivity contribution in [2.75, 3.05) is 13.2 Å². The van der Waals surface area contributed by atoms with Crippen LogP contribution in [0.4, 0.5) is 0 Å². The Kier molecular flexibility index (Phi) is 4.07. The van der Waals surface area contributed by atoms with Crippen LogP contribution in [0, 0.1) is 23.7 Å². The summed E-state index contributed by atoms with van der Waals surface area (Å²) in [5.41, 5.74) is 0. The van der Waals surface area contributed by atoms with Crippen molar-refractivity contribution >= 4 is 0 Å². The maximum absolute atomic E-state index is 5.98. The van der Waals surface area contributed by atoms with E-state index in [-0.39, 0.29) is 49.2 Å². The second kappa shape index (κ2) is 4.75. The summed E-state index contributed by atoms with van der Waals surface area (Å²) < 4.78 is 12.0. The molecule has 3 atom stereocenters. The van der Waals surface area contributed by atoms with E-state index < -0.39 is 0 Å². The Labute approximate surface area is 127 Å². The predicted molar refractivity (Wildman–Crippen MR) is 51.4 cm³/mol. The third-order valence-electron chi connectivity index (χ3n) is 4.76. The molecule has 1 heterocycles. The van der Waals surface area contributed by atoms with Gasteiger partial charge in [0.2, 0.25) is 0 Å². The van der Waals surface area contributed by atoms with Gasteiger partial charge in [-0.25, -0.2) is 0 Å². The average Bonchev–Trinajstić information content (AvgIpc) is 2.63. The van der Waals surface area contributed by atoms with Crippen LogP contribution >= 0.6 is 0 Å². The van der Waals surface area contributed by atoms with Crippen molar-refractivity contribution in [2.45, 2.75) is 37.9 Å². The van der Waals surface area contributed by atoms with E-state index in [1.54, 1.807) is 0 Å². The molecule has 5 fully saturated rings. The Morgan fingerprint density at radius 1 is 0.938 bits per heavy atom. The van der Waals surface area contributed by atoms with Crippen molar-refractivity contribution in [3.05, 3.63) is 5.92 Å². The van der Waals surface area contributed by atoms with Gasteiger partial charge in [-0.2, -0.15) is 0 Å². The van der Waals surface area contributed by atoms with Gasteiger partial charge >= 0.3 is 0 Å². The van der Waals surface area contributed by atoms with Crippen LogP contribution in [0.2, 0.25) is 0 Å². The van der Waals surface area contributed by atoms with Gasteiger partial charge in [-0.3, -0.25) is 0 Å². The zero-order chi connectivity index (χ0) is 9.17. The van der Waals surface area contributed by atoms with Crippen molar-refractivity contribution < 1.29 is 52.9 Å². The van der Waals surface area contributed by atoms with E-state index in [2.05, 4.69) is 0 Å². The maximum atomic E-state index is 5.98. The number of rotatable bonds is 0. The number of ether oxygens (including phenoxy) is 2. The number of hydrogen-bond donors (Lipinski definition) is 0. The zero-order valence-electron chi connectivity index (χ0n) is 9.58. The summed E-state index contributed by atoms with van der Waals surface area (Å²) in [5, 5.41) is 0. The monoisotopic (exact) mass is 384 g/mol. The molecule has 0 amide bonds. The quantitative estimate of drug-likeness (QED) is 0.399. The summed E-state index contributed by atoms with van der Waals surface area (Å²) in [6.07, 6.45) is 6.74. The van der Waals surface area contributed by atoms with Crippen molar-refractivity contribution in [3.8, 4) is 0 Å². The minimum atomic E-state index is -0.125. The maximum Gasteiger partial charge on any atom is 0.174 e. The fraction of sp³-hybridized carbons (Fsp3) is 0.917. The number of hydrogen-bond acceptors (Lipinski definition) is 2. The molecule has 5 aliphatic rings. The molecule has 0 aromatic heterocycles. The first-order valence-electron chi connectivity index (χ1n) is 5.98. The van der Waals surface area contributed by atoms with Crippen LogP contribution in [-0.2, 0) is 29.0 Å². The standard InChI is InChI=1S/C12H17O2.HI.Zn/c1-2-14-12(13-1)10-4-8-3-9(6-10)7-11(12)5-8;;/h8,10-11H,1-7H2;1H;/p-1/t8?,10-,11+;;. The molecule has 0 aromatic carbocycles. The summed E-state index contributed by atoms with van der Waals surface area (Å²) in [7, 11) is 0. The topological polar surface area (TPSA) is 18.5 Å². The van der Waals surface area contributed by atoms with E-state index in [9.17, 15) is 0 Å². The largest absolute Gasteiger partial charge is 1.00 e. The van der Waals surface area contributed by atoms with Crippen LogP contribution in [-0.4, -0.2) is 19.0 Å². The fourth-order valence-corrected chi connectivity index (χ4v) is 4.45. The Hall–Kier alpha value is 1.27. The van der Waals surface area contributed by atoms with Gasteiger partial charge in [0.25, 0.3) is 0 Å². The van der Waals surface area contributed by atoms with E-state index >= 15 is 0 Å². The van der Waals surface area contributed by atoms with Gasteiger partial charge in [0, 0.05) is 31.3 Å². The zero-order valence-corrected chi connectivity index (χ0v) is 14.7. The molecule has 0 aromatic rings. The molecule has 4 aliphatic carbocycles. The second-order valence-electron chi connectivity index (χ2n) is 5.51. The van der Waals surface area contributed by atoms with Crippen LogP contribution in [0.3, 0.4) is 0 Å². The Morgan fingerprint density at radius 3 is 2.00 bits per heavy atom. The molecular formula is C12H17IO2Zn-. The van der Waals surface area contributed by atoms with E-state index in [4.69, 9.17) is 9.47 Å². The second-order valence-corrected chi connectivity index (χ2v) is 5.51. The summed E-state index contributed by atoms with van der Waals surface area (Å²) in [6.45, 7) is 1.65. The predicted octanol–water partition coefficient (Wildman–Crippen LogP) is -0.855. The first kappa shape index (κ1) is 13.7. The van der Waals surface area contributed by atoms with E-state index in [0.29, 0.717) is 11.8 Å². The van der Waals surface area contributed by atoms with Crippen LogP contribution in [0.5, 0.6) is 0 Å². The molecule has 1 spiro atoms. The minimum Gasteiger partial charge on any atom is -1.00 e. The minimum absolute atomic E-state index is 0. The molecule has 4 bridgehead atoms. The Bertz CT molecular complexity index is 236. The van der Waals surface area contributed by atoms with Gasteiger partial charge in [0.1, 0.15) is 0 Å². The van der Waals surface area contributed by atoms with Gasteiger partial charge in [-0.15, -0.1) is 0 Å². The van der Waals surface area contributed by atoms with E-state index in [1.165, 1.54) is 32.1 Å². The molecule has 16 heavy (non-hydrogen) atoms. The molecule has 5 rings (SSSR count). The van der Waals surface area contributed by atoms with Crippen molar-refractivity contribution in [2.24, 2.45) is 17.8 Å². The molecule has 1 unspecified atom stereocenters. The smallest absolute Gasteiger partial charge is 0.174 e. The van der Waals surface area contributed by atoms with Crippen LogP contribution in [0.1, 0.15) is 32.1 Å². The SMILES string of the molecule is C1COC2(O1)[C@@H]1C[C]3CC(C1)C[C@@H]2C3.[I-].[Zn]. The van der Waals surface area contributed by atoms with Gasteiger partial charge in [-0.05, 0) is 43.9 Å². The first-order chi connectivity index (χ1) is 6.87. The average molecular weight is 386 g/mol. The molecule has 1 radical (unpaired) electrons. The molecule has 2 nitrogen and oxygen atoms in total. The van der Waals surface area contributed by atoms with Crippen LogP contribution in [0.15, 0.2) is 0 Å². The van der Waals surface area contributed by atoms with Crippen molar-refractivity contribution in [1.29, 1.82) is 0 Å². The van der Waals surface area contributed by atoms with E-state index in [1.807, 2.05) is 5.92 Å². The Balaban J connectivity index is 0.000000482. The fourth-order valence-electron chi connectivity index (χ4n) is 4.45.